The lowest BCUT2D eigenvalue weighted by molar-refractivity contribution is -0.245. The second kappa shape index (κ2) is 3.53. The summed E-state index contributed by atoms with van der Waals surface area (Å²) in [6.45, 7) is 0. The first kappa shape index (κ1) is 10.3. The predicted molar refractivity (Wildman–Crippen MR) is 36.2 cm³/mol. The largest absolute Gasteiger partial charge is 0.479 e. The maximum atomic E-state index is 12.1. The minimum atomic E-state index is -4.45. The van der Waals surface area contributed by atoms with E-state index in [1.165, 1.54) is 0 Å². The topological polar surface area (TPSA) is 46.5 Å². The van der Waals surface area contributed by atoms with Gasteiger partial charge >= 0.3 is 12.1 Å². The number of rotatable bonds is 1. The number of aliphatic carboxylic acids is 1. The lowest BCUT2D eigenvalue weighted by Gasteiger charge is -2.28. The summed E-state index contributed by atoms with van der Waals surface area (Å²) in [6.07, 6.45) is -7.42. The van der Waals surface area contributed by atoms with Crippen LogP contribution < -0.4 is 0 Å². The quantitative estimate of drug-likeness (QED) is 0.695. The normalized spacial score (nSPS) is 30.1. The lowest BCUT2D eigenvalue weighted by atomic mass is 10.0. The van der Waals surface area contributed by atoms with Crippen LogP contribution in [0.5, 0.6) is 0 Å². The summed E-state index contributed by atoms with van der Waals surface area (Å²) in [6, 6.07) is 0. The molecule has 13 heavy (non-hydrogen) atoms. The van der Waals surface area contributed by atoms with Crippen LogP contribution in [0, 0.1) is 0 Å². The zero-order valence-electron chi connectivity index (χ0n) is 6.67. The average Bonchev–Trinajstić information content (AvgIpc) is 2.03. The minimum Gasteiger partial charge on any atom is -0.479 e. The van der Waals surface area contributed by atoms with Gasteiger partial charge in [0.2, 0.25) is 0 Å². The van der Waals surface area contributed by atoms with Crippen LogP contribution in [0.25, 0.3) is 0 Å². The van der Waals surface area contributed by atoms with Crippen molar-refractivity contribution in [3.05, 3.63) is 0 Å². The molecule has 1 rings (SSSR count). The monoisotopic (exact) mass is 198 g/mol. The van der Waals surface area contributed by atoms with Gasteiger partial charge in [-0.3, -0.25) is 0 Å². The molecule has 1 saturated heterocycles. The molecular weight excluding hydrogens is 189 g/mol. The van der Waals surface area contributed by atoms with E-state index in [4.69, 9.17) is 5.11 Å². The highest BCUT2D eigenvalue weighted by Crippen LogP contribution is 2.31. The SMILES string of the molecule is O=C(O)[C@@H]1CCC[C@H](C(F)(F)F)O1. The number of carboxylic acids is 1. The average molecular weight is 198 g/mol. The minimum absolute atomic E-state index is 0.146. The van der Waals surface area contributed by atoms with Gasteiger partial charge in [-0.1, -0.05) is 0 Å². The molecule has 0 saturated carbocycles. The fourth-order valence-electron chi connectivity index (χ4n) is 1.25. The van der Waals surface area contributed by atoms with E-state index in [9.17, 15) is 18.0 Å². The Hall–Kier alpha value is -0.780. The number of ether oxygens (including phenoxy) is 1. The van der Waals surface area contributed by atoms with Crippen molar-refractivity contribution in [1.82, 2.24) is 0 Å². The van der Waals surface area contributed by atoms with Crippen molar-refractivity contribution in [2.45, 2.75) is 37.6 Å². The van der Waals surface area contributed by atoms with E-state index in [2.05, 4.69) is 4.74 Å². The molecule has 1 heterocycles. The number of carbonyl (C=O) groups is 1. The molecule has 6 heteroatoms. The maximum Gasteiger partial charge on any atom is 0.414 e. The standard InChI is InChI=1S/C7H9F3O3/c8-7(9,10)5-3-1-2-4(13-5)6(11)12/h4-5H,1-3H2,(H,11,12)/t4-,5+/m0/s1. The number of alkyl halides is 3. The van der Waals surface area contributed by atoms with E-state index in [-0.39, 0.29) is 19.3 Å². The molecule has 0 aromatic heterocycles. The summed E-state index contributed by atoms with van der Waals surface area (Å²) in [5.41, 5.74) is 0. The molecule has 3 nitrogen and oxygen atoms in total. The third-order valence-corrected chi connectivity index (χ3v) is 1.90. The molecule has 1 fully saturated rings. The fourth-order valence-corrected chi connectivity index (χ4v) is 1.25. The lowest BCUT2D eigenvalue weighted by Crippen LogP contribution is -2.41. The van der Waals surface area contributed by atoms with Gasteiger partial charge in [0.25, 0.3) is 0 Å². The molecule has 0 spiro atoms. The van der Waals surface area contributed by atoms with E-state index >= 15 is 0 Å². The van der Waals surface area contributed by atoms with Crippen LogP contribution in [0.15, 0.2) is 0 Å². The van der Waals surface area contributed by atoms with E-state index in [0.29, 0.717) is 0 Å². The van der Waals surface area contributed by atoms with Crippen molar-refractivity contribution in [3.8, 4) is 0 Å². The summed E-state index contributed by atoms with van der Waals surface area (Å²) in [5, 5.41) is 8.43. The Labute approximate surface area is 72.5 Å². The van der Waals surface area contributed by atoms with Crippen LogP contribution in [-0.2, 0) is 9.53 Å². The first-order valence-corrected chi connectivity index (χ1v) is 3.86. The van der Waals surface area contributed by atoms with Crippen LogP contribution in [0.1, 0.15) is 19.3 Å². The van der Waals surface area contributed by atoms with Gasteiger partial charge in [0.15, 0.2) is 12.2 Å². The molecule has 0 bridgehead atoms. The molecule has 0 aromatic carbocycles. The van der Waals surface area contributed by atoms with Crippen LogP contribution in [-0.4, -0.2) is 29.5 Å². The first-order valence-electron chi connectivity index (χ1n) is 3.86. The third kappa shape index (κ3) is 2.58. The second-order valence-electron chi connectivity index (χ2n) is 2.92. The van der Waals surface area contributed by atoms with Crippen LogP contribution >= 0.6 is 0 Å². The summed E-state index contributed by atoms with van der Waals surface area (Å²) in [4.78, 5) is 10.3. The number of hydrogen-bond donors (Lipinski definition) is 1. The molecule has 1 N–H and O–H groups in total. The zero-order valence-corrected chi connectivity index (χ0v) is 6.67. The van der Waals surface area contributed by atoms with Gasteiger partial charge in [-0.15, -0.1) is 0 Å². The van der Waals surface area contributed by atoms with E-state index in [1.807, 2.05) is 0 Å². The van der Waals surface area contributed by atoms with Gasteiger partial charge in [-0.25, -0.2) is 4.79 Å². The molecule has 0 aliphatic carbocycles. The van der Waals surface area contributed by atoms with Gasteiger partial charge < -0.3 is 9.84 Å². The van der Waals surface area contributed by atoms with Crippen LogP contribution in [0.2, 0.25) is 0 Å². The molecule has 0 unspecified atom stereocenters. The summed E-state index contributed by atoms with van der Waals surface area (Å²) < 4.78 is 40.6. The first-order chi connectivity index (χ1) is 5.91. The second-order valence-corrected chi connectivity index (χ2v) is 2.92. The predicted octanol–water partition coefficient (Wildman–Crippen LogP) is 1.57. The van der Waals surface area contributed by atoms with Gasteiger partial charge in [-0.2, -0.15) is 13.2 Å². The smallest absolute Gasteiger partial charge is 0.414 e. The number of hydrogen-bond acceptors (Lipinski definition) is 2. The summed E-state index contributed by atoms with van der Waals surface area (Å²) >= 11 is 0. The van der Waals surface area contributed by atoms with Crippen molar-refractivity contribution >= 4 is 5.97 Å². The highest BCUT2D eigenvalue weighted by atomic mass is 19.4. The highest BCUT2D eigenvalue weighted by Gasteiger charge is 2.44. The van der Waals surface area contributed by atoms with E-state index in [0.717, 1.165) is 0 Å². The van der Waals surface area contributed by atoms with Crippen molar-refractivity contribution < 1.29 is 27.8 Å². The molecule has 2 atom stereocenters. The van der Waals surface area contributed by atoms with E-state index in [1.54, 1.807) is 0 Å². The Morgan fingerprint density at radius 1 is 1.38 bits per heavy atom. The zero-order chi connectivity index (χ0) is 10.1. The third-order valence-electron chi connectivity index (χ3n) is 1.90. The number of halogens is 3. The summed E-state index contributed by atoms with van der Waals surface area (Å²) in [5.74, 6) is -1.33. The molecule has 0 radical (unpaired) electrons. The summed E-state index contributed by atoms with van der Waals surface area (Å²) in [7, 11) is 0. The fraction of sp³-hybridized carbons (Fsp3) is 0.857. The van der Waals surface area contributed by atoms with Gasteiger partial charge in [-0.05, 0) is 19.3 Å². The van der Waals surface area contributed by atoms with Crippen molar-refractivity contribution in [3.63, 3.8) is 0 Å². The molecular formula is C7H9F3O3. The number of carboxylic acid groups (broad SMARTS) is 1. The van der Waals surface area contributed by atoms with Crippen LogP contribution in [0.3, 0.4) is 0 Å². The Kier molecular flexibility index (Phi) is 2.80. The van der Waals surface area contributed by atoms with Crippen molar-refractivity contribution in [2.24, 2.45) is 0 Å². The highest BCUT2D eigenvalue weighted by molar-refractivity contribution is 5.72. The Balaban J connectivity index is 2.57. The molecule has 0 amide bonds. The molecule has 76 valence electrons. The van der Waals surface area contributed by atoms with Gasteiger partial charge in [0.1, 0.15) is 0 Å². The van der Waals surface area contributed by atoms with Gasteiger partial charge in [0, 0.05) is 0 Å². The van der Waals surface area contributed by atoms with Crippen molar-refractivity contribution in [2.75, 3.05) is 0 Å². The van der Waals surface area contributed by atoms with Crippen molar-refractivity contribution in [1.29, 1.82) is 0 Å². The van der Waals surface area contributed by atoms with Crippen LogP contribution in [0.4, 0.5) is 13.2 Å². The van der Waals surface area contributed by atoms with E-state index < -0.39 is 24.4 Å². The Bertz CT molecular complexity index is 202. The Morgan fingerprint density at radius 2 is 2.00 bits per heavy atom. The Morgan fingerprint density at radius 3 is 2.46 bits per heavy atom. The van der Waals surface area contributed by atoms with Gasteiger partial charge in [0.05, 0.1) is 0 Å². The molecule has 1 aliphatic heterocycles. The molecule has 1 aliphatic rings. The molecule has 0 aromatic rings. The maximum absolute atomic E-state index is 12.1.